The van der Waals surface area contributed by atoms with Gasteiger partial charge in [-0.2, -0.15) is 0 Å². The fraction of sp³-hybridized carbons (Fsp3) is 0.0476. The second-order valence-corrected chi connectivity index (χ2v) is 5.73. The van der Waals surface area contributed by atoms with E-state index in [-0.39, 0.29) is 23.4 Å². The molecule has 2 aromatic carbocycles. The molecule has 0 aliphatic heterocycles. The molecular formula is C21H17FN2O3. The molecule has 1 heterocycles. The Morgan fingerprint density at radius 3 is 2.56 bits per heavy atom. The third kappa shape index (κ3) is 5.40. The Labute approximate surface area is 155 Å². The molecular weight excluding hydrogens is 347 g/mol. The van der Waals surface area contributed by atoms with Crippen LogP contribution >= 0.6 is 0 Å². The molecule has 0 saturated heterocycles. The maximum absolute atomic E-state index is 13.1. The van der Waals surface area contributed by atoms with Crippen molar-refractivity contribution >= 4 is 23.6 Å². The van der Waals surface area contributed by atoms with Gasteiger partial charge < -0.3 is 15.1 Å². The van der Waals surface area contributed by atoms with Crippen molar-refractivity contribution in [1.82, 2.24) is 5.32 Å². The number of halogens is 1. The summed E-state index contributed by atoms with van der Waals surface area (Å²) in [5.74, 6) is -0.730. The van der Waals surface area contributed by atoms with Gasteiger partial charge in [0, 0.05) is 18.3 Å². The van der Waals surface area contributed by atoms with E-state index in [1.807, 2.05) is 0 Å². The van der Waals surface area contributed by atoms with Crippen molar-refractivity contribution in [2.45, 2.75) is 6.54 Å². The highest BCUT2D eigenvalue weighted by atomic mass is 19.1. The van der Waals surface area contributed by atoms with Gasteiger partial charge in [0.1, 0.15) is 5.82 Å². The van der Waals surface area contributed by atoms with Crippen LogP contribution in [0.5, 0.6) is 0 Å². The first-order valence-electron chi connectivity index (χ1n) is 8.25. The zero-order valence-corrected chi connectivity index (χ0v) is 14.3. The fourth-order valence-corrected chi connectivity index (χ4v) is 2.34. The van der Waals surface area contributed by atoms with Crippen LogP contribution in [0.15, 0.2) is 77.4 Å². The summed E-state index contributed by atoms with van der Waals surface area (Å²) in [6.45, 7) is 0.332. The number of anilines is 1. The summed E-state index contributed by atoms with van der Waals surface area (Å²) in [6.07, 6.45) is 4.34. The predicted molar refractivity (Wildman–Crippen MR) is 100 cm³/mol. The van der Waals surface area contributed by atoms with Gasteiger partial charge in [-0.1, -0.05) is 24.3 Å². The lowest BCUT2D eigenvalue weighted by Crippen LogP contribution is -2.20. The largest absolute Gasteiger partial charge is 0.459 e. The van der Waals surface area contributed by atoms with Crippen molar-refractivity contribution in [3.05, 3.63) is 95.7 Å². The van der Waals surface area contributed by atoms with E-state index in [1.54, 1.807) is 54.6 Å². The minimum atomic E-state index is -0.350. The minimum absolute atomic E-state index is 0.233. The highest BCUT2D eigenvalue weighted by Crippen LogP contribution is 2.12. The van der Waals surface area contributed by atoms with Gasteiger partial charge in [0.25, 0.3) is 5.91 Å². The molecule has 0 radical (unpaired) electrons. The Hall–Kier alpha value is -3.67. The number of nitrogens with one attached hydrogen (secondary N) is 2. The van der Waals surface area contributed by atoms with E-state index < -0.39 is 0 Å². The van der Waals surface area contributed by atoms with Crippen LogP contribution in [0.1, 0.15) is 21.7 Å². The maximum Gasteiger partial charge on any atom is 0.291 e. The number of benzene rings is 2. The van der Waals surface area contributed by atoms with E-state index in [0.717, 1.165) is 5.56 Å². The van der Waals surface area contributed by atoms with E-state index in [9.17, 15) is 14.0 Å². The van der Waals surface area contributed by atoms with Gasteiger partial charge in [-0.15, -0.1) is 0 Å². The van der Waals surface area contributed by atoms with Crippen molar-refractivity contribution < 1.29 is 18.4 Å². The molecule has 2 amide bonds. The summed E-state index contributed by atoms with van der Waals surface area (Å²) >= 11 is 0. The van der Waals surface area contributed by atoms with E-state index in [2.05, 4.69) is 10.6 Å². The zero-order valence-electron chi connectivity index (χ0n) is 14.3. The molecule has 1 aromatic heterocycles. The number of carbonyl (C=O) groups excluding carboxylic acids is 2. The van der Waals surface area contributed by atoms with Gasteiger partial charge in [0.05, 0.1) is 6.26 Å². The van der Waals surface area contributed by atoms with Crippen molar-refractivity contribution in [3.63, 3.8) is 0 Å². The summed E-state index contributed by atoms with van der Waals surface area (Å²) in [5, 5.41) is 5.46. The number of hydrogen-bond acceptors (Lipinski definition) is 3. The molecule has 3 aromatic rings. The van der Waals surface area contributed by atoms with Gasteiger partial charge in [-0.05, 0) is 53.6 Å². The summed E-state index contributed by atoms with van der Waals surface area (Å²) < 4.78 is 18.1. The molecule has 2 N–H and O–H groups in total. The molecule has 6 heteroatoms. The molecule has 3 rings (SSSR count). The Morgan fingerprint density at radius 1 is 1.04 bits per heavy atom. The standard InChI is InChI=1S/C21H17FN2O3/c22-17-4-1-3-15(13-17)8-11-20(25)23-14-16-6-9-18(10-7-16)24-21(26)19-5-2-12-27-19/h1-13H,14H2,(H,23,25)(H,24,26)/b11-8+. The van der Waals surface area contributed by atoms with E-state index in [1.165, 1.54) is 24.5 Å². The molecule has 0 saturated carbocycles. The quantitative estimate of drug-likeness (QED) is 0.650. The second kappa shape index (κ2) is 8.62. The SMILES string of the molecule is O=C(/C=C/c1cccc(F)c1)NCc1ccc(NC(=O)c2ccco2)cc1. The molecule has 0 atom stereocenters. The topological polar surface area (TPSA) is 71.3 Å². The van der Waals surface area contributed by atoms with Crippen LogP contribution in [0, 0.1) is 5.82 Å². The number of amides is 2. The first-order chi connectivity index (χ1) is 13.1. The molecule has 5 nitrogen and oxygen atoms in total. The van der Waals surface area contributed by atoms with Gasteiger partial charge in [0.2, 0.25) is 5.91 Å². The summed E-state index contributed by atoms with van der Waals surface area (Å²) in [6, 6.07) is 16.3. The smallest absolute Gasteiger partial charge is 0.291 e. The van der Waals surface area contributed by atoms with Crippen molar-refractivity contribution in [2.24, 2.45) is 0 Å². The van der Waals surface area contributed by atoms with E-state index >= 15 is 0 Å². The van der Waals surface area contributed by atoms with Crippen LogP contribution < -0.4 is 10.6 Å². The molecule has 0 aliphatic rings. The third-order valence-electron chi connectivity index (χ3n) is 3.70. The average molecular weight is 364 g/mol. The lowest BCUT2D eigenvalue weighted by Gasteiger charge is -2.06. The Balaban J connectivity index is 1.49. The molecule has 136 valence electrons. The van der Waals surface area contributed by atoms with Gasteiger partial charge in [0.15, 0.2) is 5.76 Å². The lowest BCUT2D eigenvalue weighted by molar-refractivity contribution is -0.116. The van der Waals surface area contributed by atoms with Gasteiger partial charge in [-0.25, -0.2) is 4.39 Å². The first kappa shape index (κ1) is 18.1. The van der Waals surface area contributed by atoms with Gasteiger partial charge >= 0.3 is 0 Å². The van der Waals surface area contributed by atoms with Crippen molar-refractivity contribution in [2.75, 3.05) is 5.32 Å². The Bertz CT molecular complexity index is 948. The van der Waals surface area contributed by atoms with Crippen LogP contribution in [0.2, 0.25) is 0 Å². The van der Waals surface area contributed by atoms with Crippen LogP contribution in [0.4, 0.5) is 10.1 Å². The normalized spacial score (nSPS) is 10.7. The fourth-order valence-electron chi connectivity index (χ4n) is 2.34. The minimum Gasteiger partial charge on any atom is -0.459 e. The Morgan fingerprint density at radius 2 is 1.85 bits per heavy atom. The van der Waals surface area contributed by atoms with Crippen LogP contribution in [0.25, 0.3) is 6.08 Å². The molecule has 0 bridgehead atoms. The van der Waals surface area contributed by atoms with Gasteiger partial charge in [-0.3, -0.25) is 9.59 Å². The summed E-state index contributed by atoms with van der Waals surface area (Å²) in [4.78, 5) is 23.8. The zero-order chi connectivity index (χ0) is 19.1. The molecule has 0 unspecified atom stereocenters. The Kier molecular flexibility index (Phi) is 5.79. The van der Waals surface area contributed by atoms with Crippen molar-refractivity contribution in [1.29, 1.82) is 0 Å². The van der Waals surface area contributed by atoms with Crippen LogP contribution in [-0.4, -0.2) is 11.8 Å². The molecule has 0 aliphatic carbocycles. The highest BCUT2D eigenvalue weighted by Gasteiger charge is 2.08. The maximum atomic E-state index is 13.1. The number of furan rings is 1. The second-order valence-electron chi connectivity index (χ2n) is 5.73. The molecule has 0 spiro atoms. The average Bonchev–Trinajstić information content (AvgIpc) is 3.21. The van der Waals surface area contributed by atoms with Crippen molar-refractivity contribution in [3.8, 4) is 0 Å². The lowest BCUT2D eigenvalue weighted by atomic mass is 10.2. The molecule has 0 fully saturated rings. The first-order valence-corrected chi connectivity index (χ1v) is 8.25. The number of rotatable bonds is 6. The summed E-state index contributed by atoms with van der Waals surface area (Å²) in [7, 11) is 0. The number of carbonyl (C=O) groups is 2. The number of hydrogen-bond donors (Lipinski definition) is 2. The summed E-state index contributed by atoms with van der Waals surface area (Å²) in [5.41, 5.74) is 2.11. The van der Waals surface area contributed by atoms with Crippen LogP contribution in [0.3, 0.4) is 0 Å². The van der Waals surface area contributed by atoms with E-state index in [0.29, 0.717) is 17.8 Å². The third-order valence-corrected chi connectivity index (χ3v) is 3.70. The highest BCUT2D eigenvalue weighted by molar-refractivity contribution is 6.02. The molecule has 27 heavy (non-hydrogen) atoms. The monoisotopic (exact) mass is 364 g/mol. The van der Waals surface area contributed by atoms with Crippen LogP contribution in [-0.2, 0) is 11.3 Å². The van der Waals surface area contributed by atoms with E-state index in [4.69, 9.17) is 4.42 Å². The predicted octanol–water partition coefficient (Wildman–Crippen LogP) is 4.00.